The van der Waals surface area contributed by atoms with Crippen LogP contribution in [-0.2, 0) is 0 Å². The third kappa shape index (κ3) is 2.36. The van der Waals surface area contributed by atoms with Crippen LogP contribution in [0.25, 0.3) is 5.69 Å². The lowest BCUT2D eigenvalue weighted by molar-refractivity contribution is 0.536. The molecule has 2 aromatic rings. The average molecular weight is 233 g/mol. The van der Waals surface area contributed by atoms with Crippen molar-refractivity contribution in [3.05, 3.63) is 48.0 Å². The van der Waals surface area contributed by atoms with Crippen LogP contribution in [0.15, 0.2) is 36.7 Å². The summed E-state index contributed by atoms with van der Waals surface area (Å²) in [4.78, 5) is 0. The van der Waals surface area contributed by atoms with Gasteiger partial charge in [-0.3, -0.25) is 0 Å². The van der Waals surface area contributed by atoms with E-state index in [9.17, 15) is 4.39 Å². The Bertz CT molecular complexity index is 479. The molecule has 0 bridgehead atoms. The molecule has 1 aromatic heterocycles. The molecular formula is C13H16FN3. The van der Waals surface area contributed by atoms with Crippen molar-refractivity contribution in [3.63, 3.8) is 0 Å². The van der Waals surface area contributed by atoms with Gasteiger partial charge in [-0.25, -0.2) is 9.07 Å². The van der Waals surface area contributed by atoms with Crippen LogP contribution in [0.2, 0.25) is 0 Å². The molecule has 0 saturated heterocycles. The maximum atomic E-state index is 13.9. The summed E-state index contributed by atoms with van der Waals surface area (Å²) in [5.74, 6) is -0.202. The second-order valence-electron chi connectivity index (χ2n) is 3.90. The van der Waals surface area contributed by atoms with Gasteiger partial charge in [0, 0.05) is 24.0 Å². The van der Waals surface area contributed by atoms with Crippen molar-refractivity contribution in [2.75, 3.05) is 6.54 Å². The predicted molar refractivity (Wildman–Crippen MR) is 65.6 cm³/mol. The number of aromatic nitrogens is 2. The molecule has 0 aliphatic carbocycles. The van der Waals surface area contributed by atoms with Gasteiger partial charge in [0.05, 0.1) is 5.69 Å². The second-order valence-corrected chi connectivity index (χ2v) is 3.90. The smallest absolute Gasteiger partial charge is 0.130 e. The third-order valence-electron chi connectivity index (χ3n) is 2.72. The van der Waals surface area contributed by atoms with Crippen LogP contribution in [0.3, 0.4) is 0 Å². The first-order valence-electron chi connectivity index (χ1n) is 5.76. The minimum atomic E-state index is -0.202. The van der Waals surface area contributed by atoms with E-state index in [4.69, 9.17) is 0 Å². The van der Waals surface area contributed by atoms with E-state index in [0.29, 0.717) is 5.56 Å². The van der Waals surface area contributed by atoms with E-state index < -0.39 is 0 Å². The Morgan fingerprint density at radius 3 is 2.88 bits per heavy atom. The van der Waals surface area contributed by atoms with Crippen LogP contribution in [-0.4, -0.2) is 16.3 Å². The van der Waals surface area contributed by atoms with Gasteiger partial charge < -0.3 is 5.32 Å². The molecule has 17 heavy (non-hydrogen) atoms. The molecule has 0 amide bonds. The minimum Gasteiger partial charge on any atom is -0.310 e. The van der Waals surface area contributed by atoms with Gasteiger partial charge in [0.25, 0.3) is 0 Å². The van der Waals surface area contributed by atoms with Crippen LogP contribution in [0, 0.1) is 5.82 Å². The van der Waals surface area contributed by atoms with Crippen LogP contribution in [0.5, 0.6) is 0 Å². The summed E-state index contributed by atoms with van der Waals surface area (Å²) >= 11 is 0. The monoisotopic (exact) mass is 233 g/mol. The molecule has 1 aromatic carbocycles. The lowest BCUT2D eigenvalue weighted by Crippen LogP contribution is -2.20. The second kappa shape index (κ2) is 5.10. The summed E-state index contributed by atoms with van der Waals surface area (Å²) < 4.78 is 15.6. The molecule has 0 radical (unpaired) electrons. The Hall–Kier alpha value is -1.68. The van der Waals surface area contributed by atoms with Gasteiger partial charge in [-0.05, 0) is 31.7 Å². The van der Waals surface area contributed by atoms with E-state index in [-0.39, 0.29) is 11.9 Å². The van der Waals surface area contributed by atoms with Crippen molar-refractivity contribution in [3.8, 4) is 5.69 Å². The van der Waals surface area contributed by atoms with Gasteiger partial charge >= 0.3 is 0 Å². The quantitative estimate of drug-likeness (QED) is 0.880. The highest BCUT2D eigenvalue weighted by atomic mass is 19.1. The third-order valence-corrected chi connectivity index (χ3v) is 2.72. The Morgan fingerprint density at radius 2 is 2.24 bits per heavy atom. The summed E-state index contributed by atoms with van der Waals surface area (Å²) in [6.45, 7) is 4.76. The highest BCUT2D eigenvalue weighted by Crippen LogP contribution is 2.24. The van der Waals surface area contributed by atoms with E-state index in [1.54, 1.807) is 16.9 Å². The first-order valence-corrected chi connectivity index (χ1v) is 5.76. The van der Waals surface area contributed by atoms with Gasteiger partial charge in [0.2, 0.25) is 0 Å². The zero-order valence-electron chi connectivity index (χ0n) is 10.0. The van der Waals surface area contributed by atoms with Crippen molar-refractivity contribution < 1.29 is 4.39 Å². The lowest BCUT2D eigenvalue weighted by atomic mass is 10.1. The van der Waals surface area contributed by atoms with Gasteiger partial charge in [-0.1, -0.05) is 13.0 Å². The van der Waals surface area contributed by atoms with Crippen LogP contribution >= 0.6 is 0 Å². The molecule has 0 aliphatic heterocycles. The normalized spacial score (nSPS) is 12.6. The lowest BCUT2D eigenvalue weighted by Gasteiger charge is -2.17. The number of rotatable bonds is 4. The first kappa shape index (κ1) is 11.8. The highest BCUT2D eigenvalue weighted by molar-refractivity contribution is 5.43. The van der Waals surface area contributed by atoms with E-state index in [1.165, 1.54) is 6.07 Å². The first-order chi connectivity index (χ1) is 8.24. The standard InChI is InChI=1S/C13H16FN3/c1-3-15-10(2)13-11(14)6-4-7-12(13)17-9-5-8-16-17/h4-10,15H,3H2,1-2H3. The Morgan fingerprint density at radius 1 is 1.41 bits per heavy atom. The summed E-state index contributed by atoms with van der Waals surface area (Å²) in [6, 6.07) is 6.84. The van der Waals surface area contributed by atoms with Gasteiger partial charge in [0.1, 0.15) is 5.82 Å². The minimum absolute atomic E-state index is 0.0413. The molecule has 2 rings (SSSR count). The molecule has 1 atom stereocenters. The molecule has 4 heteroatoms. The summed E-state index contributed by atoms with van der Waals surface area (Å²) in [5, 5.41) is 7.38. The molecule has 1 unspecified atom stereocenters. The van der Waals surface area contributed by atoms with Crippen molar-refractivity contribution in [1.82, 2.24) is 15.1 Å². The van der Waals surface area contributed by atoms with Crippen molar-refractivity contribution in [1.29, 1.82) is 0 Å². The Balaban J connectivity index is 2.49. The largest absolute Gasteiger partial charge is 0.310 e. The molecule has 3 nitrogen and oxygen atoms in total. The fraction of sp³-hybridized carbons (Fsp3) is 0.308. The van der Waals surface area contributed by atoms with E-state index >= 15 is 0 Å². The van der Waals surface area contributed by atoms with Crippen molar-refractivity contribution in [2.45, 2.75) is 19.9 Å². The van der Waals surface area contributed by atoms with E-state index in [2.05, 4.69) is 10.4 Å². The molecule has 1 heterocycles. The zero-order valence-corrected chi connectivity index (χ0v) is 10.0. The van der Waals surface area contributed by atoms with Gasteiger partial charge in [-0.2, -0.15) is 5.10 Å². The predicted octanol–water partition coefficient (Wildman–Crippen LogP) is 2.68. The van der Waals surface area contributed by atoms with Crippen LogP contribution in [0.1, 0.15) is 25.5 Å². The van der Waals surface area contributed by atoms with Crippen molar-refractivity contribution >= 4 is 0 Å². The number of nitrogens with zero attached hydrogens (tertiary/aromatic N) is 2. The Kier molecular flexibility index (Phi) is 3.54. The van der Waals surface area contributed by atoms with Crippen molar-refractivity contribution in [2.24, 2.45) is 0 Å². The Labute approximate surface area is 100 Å². The average Bonchev–Trinajstić information content (AvgIpc) is 2.82. The summed E-state index contributed by atoms with van der Waals surface area (Å²) in [7, 11) is 0. The summed E-state index contributed by atoms with van der Waals surface area (Å²) in [6.07, 6.45) is 3.50. The number of halogens is 1. The highest BCUT2D eigenvalue weighted by Gasteiger charge is 2.15. The number of nitrogens with one attached hydrogen (secondary N) is 1. The van der Waals surface area contributed by atoms with Crippen LogP contribution < -0.4 is 5.32 Å². The SMILES string of the molecule is CCNC(C)c1c(F)cccc1-n1cccn1. The number of hydrogen-bond donors (Lipinski definition) is 1. The van der Waals surface area contributed by atoms with Gasteiger partial charge in [0.15, 0.2) is 0 Å². The fourth-order valence-corrected chi connectivity index (χ4v) is 1.97. The summed E-state index contributed by atoms with van der Waals surface area (Å²) in [5.41, 5.74) is 1.43. The maximum absolute atomic E-state index is 13.9. The molecule has 90 valence electrons. The van der Waals surface area contributed by atoms with E-state index in [1.807, 2.05) is 32.2 Å². The molecule has 0 spiro atoms. The van der Waals surface area contributed by atoms with Crippen LogP contribution in [0.4, 0.5) is 4.39 Å². The number of hydrogen-bond acceptors (Lipinski definition) is 2. The molecule has 1 N–H and O–H groups in total. The molecule has 0 saturated carbocycles. The van der Waals surface area contributed by atoms with Gasteiger partial charge in [-0.15, -0.1) is 0 Å². The fourth-order valence-electron chi connectivity index (χ4n) is 1.97. The molecule has 0 fully saturated rings. The zero-order chi connectivity index (χ0) is 12.3. The van der Waals surface area contributed by atoms with E-state index in [0.717, 1.165) is 12.2 Å². The topological polar surface area (TPSA) is 29.9 Å². The molecular weight excluding hydrogens is 217 g/mol. The number of benzene rings is 1. The maximum Gasteiger partial charge on any atom is 0.130 e. The molecule has 0 aliphatic rings.